The van der Waals surface area contributed by atoms with E-state index in [-0.39, 0.29) is 0 Å². The monoisotopic (exact) mass is 267 g/mol. The van der Waals surface area contributed by atoms with E-state index in [1.807, 2.05) is 12.1 Å². The zero-order valence-corrected chi connectivity index (χ0v) is 12.6. The molecule has 0 aliphatic rings. The van der Waals surface area contributed by atoms with Crippen molar-refractivity contribution in [3.63, 3.8) is 0 Å². The number of hydrogen-bond acceptors (Lipinski definition) is 2. The molecule has 2 heteroatoms. The van der Waals surface area contributed by atoms with Crippen LogP contribution in [-0.4, -0.2) is 14.2 Å². The van der Waals surface area contributed by atoms with Gasteiger partial charge in [0.15, 0.2) is 0 Å². The highest BCUT2D eigenvalue weighted by molar-refractivity contribution is 5.68. The number of ether oxygens (including phenoxy) is 1. The van der Waals surface area contributed by atoms with Crippen molar-refractivity contribution in [2.24, 2.45) is 0 Å². The molecule has 0 bridgehead atoms. The Hall–Kier alpha value is -2.22. The normalized spacial score (nSPS) is 11.3. The SMILES string of the molecule is C/C=C(/C)c1ccc(N(C)c2ccc(OC)cc2)cc1. The Morgan fingerprint density at radius 3 is 1.90 bits per heavy atom. The maximum atomic E-state index is 5.18. The van der Waals surface area contributed by atoms with Gasteiger partial charge in [-0.05, 0) is 61.4 Å². The number of hydrogen-bond donors (Lipinski definition) is 0. The van der Waals surface area contributed by atoms with E-state index in [1.165, 1.54) is 16.8 Å². The molecule has 2 aromatic rings. The average molecular weight is 267 g/mol. The third-order valence-electron chi connectivity index (χ3n) is 3.60. The van der Waals surface area contributed by atoms with Crippen LogP contribution in [0, 0.1) is 0 Å². The van der Waals surface area contributed by atoms with Gasteiger partial charge in [-0.15, -0.1) is 0 Å². The molecule has 20 heavy (non-hydrogen) atoms. The molecule has 0 aromatic heterocycles. The van der Waals surface area contributed by atoms with E-state index in [0.717, 1.165) is 11.4 Å². The van der Waals surface area contributed by atoms with E-state index < -0.39 is 0 Å². The predicted molar refractivity (Wildman–Crippen MR) is 86.8 cm³/mol. The lowest BCUT2D eigenvalue weighted by Gasteiger charge is -2.20. The highest BCUT2D eigenvalue weighted by Gasteiger charge is 2.04. The third-order valence-corrected chi connectivity index (χ3v) is 3.60. The second-order valence-electron chi connectivity index (χ2n) is 4.78. The summed E-state index contributed by atoms with van der Waals surface area (Å²) in [5, 5.41) is 0. The first-order valence-electron chi connectivity index (χ1n) is 6.77. The minimum Gasteiger partial charge on any atom is -0.497 e. The van der Waals surface area contributed by atoms with Crippen LogP contribution in [0.15, 0.2) is 54.6 Å². The predicted octanol–water partition coefficient (Wildman–Crippen LogP) is 4.89. The molecule has 0 amide bonds. The van der Waals surface area contributed by atoms with Gasteiger partial charge in [0.2, 0.25) is 0 Å². The number of benzene rings is 2. The number of nitrogens with zero attached hydrogens (tertiary/aromatic N) is 1. The van der Waals surface area contributed by atoms with E-state index in [0.29, 0.717) is 0 Å². The Kier molecular flexibility index (Phi) is 4.46. The molecule has 0 aliphatic carbocycles. The quantitative estimate of drug-likeness (QED) is 0.782. The van der Waals surface area contributed by atoms with Gasteiger partial charge in [-0.1, -0.05) is 18.2 Å². The summed E-state index contributed by atoms with van der Waals surface area (Å²) in [5.74, 6) is 0.876. The van der Waals surface area contributed by atoms with Crippen LogP contribution in [0.5, 0.6) is 5.75 Å². The summed E-state index contributed by atoms with van der Waals surface area (Å²) in [4.78, 5) is 2.16. The van der Waals surface area contributed by atoms with Crippen LogP contribution in [0.3, 0.4) is 0 Å². The zero-order valence-electron chi connectivity index (χ0n) is 12.6. The molecule has 2 nitrogen and oxygen atoms in total. The summed E-state index contributed by atoms with van der Waals surface area (Å²) in [7, 11) is 3.75. The summed E-state index contributed by atoms with van der Waals surface area (Å²) in [6.07, 6.45) is 2.13. The fourth-order valence-electron chi connectivity index (χ4n) is 2.07. The van der Waals surface area contributed by atoms with E-state index >= 15 is 0 Å². The van der Waals surface area contributed by atoms with Gasteiger partial charge < -0.3 is 9.64 Å². The Morgan fingerprint density at radius 2 is 1.45 bits per heavy atom. The Bertz CT molecular complexity index is 582. The second kappa shape index (κ2) is 6.29. The Labute approximate surface area is 121 Å². The van der Waals surface area contributed by atoms with Gasteiger partial charge in [0, 0.05) is 18.4 Å². The van der Waals surface area contributed by atoms with Gasteiger partial charge in [-0.25, -0.2) is 0 Å². The molecule has 0 N–H and O–H groups in total. The van der Waals surface area contributed by atoms with Crippen molar-refractivity contribution in [1.29, 1.82) is 0 Å². The molecule has 0 atom stereocenters. The smallest absolute Gasteiger partial charge is 0.119 e. The van der Waals surface area contributed by atoms with Crippen LogP contribution in [0.25, 0.3) is 5.57 Å². The van der Waals surface area contributed by atoms with Gasteiger partial charge in [-0.2, -0.15) is 0 Å². The molecule has 0 unspecified atom stereocenters. The molecule has 0 heterocycles. The molecule has 0 spiro atoms. The van der Waals surface area contributed by atoms with Crippen LogP contribution >= 0.6 is 0 Å². The van der Waals surface area contributed by atoms with Crippen LogP contribution < -0.4 is 9.64 Å². The van der Waals surface area contributed by atoms with Gasteiger partial charge in [0.05, 0.1) is 7.11 Å². The topological polar surface area (TPSA) is 12.5 Å². The molecule has 104 valence electrons. The van der Waals surface area contributed by atoms with Gasteiger partial charge in [0.25, 0.3) is 0 Å². The fraction of sp³-hybridized carbons (Fsp3) is 0.222. The minimum absolute atomic E-state index is 0.876. The number of methoxy groups -OCH3 is 1. The van der Waals surface area contributed by atoms with E-state index in [9.17, 15) is 0 Å². The third kappa shape index (κ3) is 3.02. The molecule has 2 rings (SSSR count). The average Bonchev–Trinajstić information content (AvgIpc) is 2.53. The molecule has 2 aromatic carbocycles. The summed E-state index contributed by atoms with van der Waals surface area (Å²) in [5.41, 5.74) is 4.87. The molecular formula is C18H21NO. The molecule has 0 aliphatic heterocycles. The standard InChI is InChI=1S/C18H21NO/c1-5-14(2)15-6-8-16(9-7-15)19(3)17-10-12-18(20-4)13-11-17/h5-13H,1-4H3/b14-5-. The minimum atomic E-state index is 0.876. The lowest BCUT2D eigenvalue weighted by atomic mass is 10.1. The van der Waals surface area contributed by atoms with Crippen molar-refractivity contribution in [1.82, 2.24) is 0 Å². The van der Waals surface area contributed by atoms with Crippen molar-refractivity contribution in [2.45, 2.75) is 13.8 Å². The number of allylic oxidation sites excluding steroid dienone is 2. The van der Waals surface area contributed by atoms with Crippen molar-refractivity contribution in [3.05, 3.63) is 60.2 Å². The highest BCUT2D eigenvalue weighted by Crippen LogP contribution is 2.26. The van der Waals surface area contributed by atoms with Gasteiger partial charge in [0.1, 0.15) is 5.75 Å². The second-order valence-corrected chi connectivity index (χ2v) is 4.78. The Morgan fingerprint density at radius 1 is 0.950 bits per heavy atom. The van der Waals surface area contributed by atoms with Crippen LogP contribution in [0.4, 0.5) is 11.4 Å². The lowest BCUT2D eigenvalue weighted by Crippen LogP contribution is -2.09. The fourth-order valence-corrected chi connectivity index (χ4v) is 2.07. The highest BCUT2D eigenvalue weighted by atomic mass is 16.5. The van der Waals surface area contributed by atoms with Crippen molar-refractivity contribution >= 4 is 16.9 Å². The molecular weight excluding hydrogens is 246 g/mol. The van der Waals surface area contributed by atoms with Crippen LogP contribution in [-0.2, 0) is 0 Å². The van der Waals surface area contributed by atoms with E-state index in [1.54, 1.807) is 7.11 Å². The molecule has 0 saturated heterocycles. The van der Waals surface area contributed by atoms with Crippen molar-refractivity contribution < 1.29 is 4.74 Å². The lowest BCUT2D eigenvalue weighted by molar-refractivity contribution is 0.415. The molecule has 0 radical (unpaired) electrons. The summed E-state index contributed by atoms with van der Waals surface area (Å²) in [6, 6.07) is 16.7. The number of anilines is 2. The van der Waals surface area contributed by atoms with Crippen LogP contribution in [0.2, 0.25) is 0 Å². The van der Waals surface area contributed by atoms with E-state index in [4.69, 9.17) is 4.74 Å². The summed E-state index contributed by atoms with van der Waals surface area (Å²) in [6.45, 7) is 4.19. The first-order chi connectivity index (χ1) is 9.65. The van der Waals surface area contributed by atoms with Crippen molar-refractivity contribution in [2.75, 3.05) is 19.1 Å². The van der Waals surface area contributed by atoms with E-state index in [2.05, 4.69) is 68.3 Å². The van der Waals surface area contributed by atoms with Crippen molar-refractivity contribution in [3.8, 4) is 5.75 Å². The van der Waals surface area contributed by atoms with Gasteiger partial charge in [-0.3, -0.25) is 0 Å². The zero-order chi connectivity index (χ0) is 14.5. The Balaban J connectivity index is 2.21. The maximum Gasteiger partial charge on any atom is 0.119 e. The van der Waals surface area contributed by atoms with Gasteiger partial charge >= 0.3 is 0 Å². The maximum absolute atomic E-state index is 5.18. The summed E-state index contributed by atoms with van der Waals surface area (Å²) < 4.78 is 5.18. The number of rotatable bonds is 4. The molecule has 0 fully saturated rings. The molecule has 0 saturated carbocycles. The summed E-state index contributed by atoms with van der Waals surface area (Å²) >= 11 is 0. The largest absolute Gasteiger partial charge is 0.497 e. The first kappa shape index (κ1) is 14.2. The first-order valence-corrected chi connectivity index (χ1v) is 6.77. The van der Waals surface area contributed by atoms with Crippen LogP contribution in [0.1, 0.15) is 19.4 Å².